The number of oxazole rings is 1. The van der Waals surface area contributed by atoms with Crippen molar-refractivity contribution in [1.29, 1.82) is 0 Å². The normalized spacial score (nSPS) is 18.2. The highest BCUT2D eigenvalue weighted by Crippen LogP contribution is 2.36. The molecule has 0 bridgehead atoms. The summed E-state index contributed by atoms with van der Waals surface area (Å²) in [4.78, 5) is 8.27. The van der Waals surface area contributed by atoms with E-state index in [1.54, 1.807) is 0 Å². The fraction of sp³-hybridized carbons (Fsp3) is 0.455. The van der Waals surface area contributed by atoms with Gasteiger partial charge in [-0.3, -0.25) is 0 Å². The lowest BCUT2D eigenvalue weighted by molar-refractivity contribution is 0.589. The average molecular weight is 203 g/mol. The molecule has 2 heterocycles. The highest BCUT2D eigenvalue weighted by Gasteiger charge is 2.37. The van der Waals surface area contributed by atoms with Crippen LogP contribution < -0.4 is 5.73 Å². The van der Waals surface area contributed by atoms with Gasteiger partial charge >= 0.3 is 0 Å². The zero-order valence-electron chi connectivity index (χ0n) is 8.44. The molecule has 1 aliphatic rings. The molecule has 2 N–H and O–H groups in total. The molecule has 78 valence electrons. The maximum absolute atomic E-state index is 6.03. The van der Waals surface area contributed by atoms with E-state index < -0.39 is 0 Å². The number of aryl methyl sites for hydroxylation is 1. The van der Waals surface area contributed by atoms with E-state index in [9.17, 15) is 0 Å². The van der Waals surface area contributed by atoms with Gasteiger partial charge in [0.15, 0.2) is 6.39 Å². The summed E-state index contributed by atoms with van der Waals surface area (Å²) in [7, 11) is 0. The predicted octanol–water partition coefficient (Wildman–Crippen LogP) is 1.65. The van der Waals surface area contributed by atoms with Crippen LogP contribution in [-0.4, -0.2) is 15.5 Å². The summed E-state index contributed by atoms with van der Waals surface area (Å²) in [5.74, 6) is 0. The fourth-order valence-electron chi connectivity index (χ4n) is 1.74. The number of hydrogen-bond acceptors (Lipinski definition) is 4. The number of fused-ring (bicyclic) bond motifs is 1. The molecule has 2 aromatic rings. The van der Waals surface area contributed by atoms with E-state index in [0.29, 0.717) is 5.71 Å². The molecular formula is C11H13N3O. The highest BCUT2D eigenvalue weighted by atomic mass is 16.3. The number of pyridine rings is 1. The Labute approximate surface area is 87.5 Å². The summed E-state index contributed by atoms with van der Waals surface area (Å²) in [5, 5.41) is 0. The molecule has 1 aliphatic carbocycles. The van der Waals surface area contributed by atoms with E-state index in [4.69, 9.17) is 10.2 Å². The zero-order valence-corrected chi connectivity index (χ0v) is 8.44. The van der Waals surface area contributed by atoms with Crippen molar-refractivity contribution >= 4 is 11.2 Å². The zero-order chi connectivity index (χ0) is 10.3. The fourth-order valence-corrected chi connectivity index (χ4v) is 1.74. The van der Waals surface area contributed by atoms with Gasteiger partial charge in [0.25, 0.3) is 0 Å². The summed E-state index contributed by atoms with van der Waals surface area (Å²) in [6, 6.07) is 2.03. The van der Waals surface area contributed by atoms with Crippen LogP contribution in [-0.2, 0) is 6.42 Å². The van der Waals surface area contributed by atoms with Gasteiger partial charge in [0.1, 0.15) is 5.52 Å². The molecule has 3 rings (SSSR count). The molecular weight excluding hydrogens is 190 g/mol. The smallest absolute Gasteiger partial charge is 0.246 e. The summed E-state index contributed by atoms with van der Waals surface area (Å²) in [6.45, 7) is 0. The second-order valence-corrected chi connectivity index (χ2v) is 4.38. The molecule has 0 radical (unpaired) electrons. The van der Waals surface area contributed by atoms with Crippen LogP contribution >= 0.6 is 0 Å². The Hall–Kier alpha value is -1.42. The first-order valence-corrected chi connectivity index (χ1v) is 5.22. The van der Waals surface area contributed by atoms with Crippen molar-refractivity contribution in [2.24, 2.45) is 5.73 Å². The Morgan fingerprint density at radius 1 is 1.40 bits per heavy atom. The Kier molecular flexibility index (Phi) is 1.79. The van der Waals surface area contributed by atoms with Crippen molar-refractivity contribution in [3.8, 4) is 0 Å². The Balaban J connectivity index is 1.78. The topological polar surface area (TPSA) is 64.9 Å². The second-order valence-electron chi connectivity index (χ2n) is 4.38. The first-order chi connectivity index (χ1) is 7.25. The maximum Gasteiger partial charge on any atom is 0.246 e. The predicted molar refractivity (Wildman–Crippen MR) is 56.3 cm³/mol. The molecule has 1 saturated carbocycles. The molecule has 2 aromatic heterocycles. The third kappa shape index (κ3) is 1.72. The Morgan fingerprint density at radius 3 is 3.07 bits per heavy atom. The molecule has 4 nitrogen and oxygen atoms in total. The van der Waals surface area contributed by atoms with E-state index in [2.05, 4.69) is 9.97 Å². The molecule has 0 aromatic carbocycles. The van der Waals surface area contributed by atoms with Crippen LogP contribution in [0.4, 0.5) is 0 Å². The van der Waals surface area contributed by atoms with Crippen molar-refractivity contribution in [1.82, 2.24) is 9.97 Å². The van der Waals surface area contributed by atoms with Crippen molar-refractivity contribution in [3.05, 3.63) is 24.2 Å². The van der Waals surface area contributed by atoms with E-state index in [1.807, 2.05) is 12.3 Å². The monoisotopic (exact) mass is 203 g/mol. The molecule has 0 spiro atoms. The van der Waals surface area contributed by atoms with Gasteiger partial charge < -0.3 is 10.2 Å². The standard InChI is InChI=1S/C11H13N3O/c12-11(3-4-11)2-1-8-5-9-10(13-6-8)15-7-14-9/h5-7H,1-4,12H2. The van der Waals surface area contributed by atoms with Crippen molar-refractivity contribution in [3.63, 3.8) is 0 Å². The van der Waals surface area contributed by atoms with Crippen LogP contribution in [0, 0.1) is 0 Å². The van der Waals surface area contributed by atoms with Gasteiger partial charge in [0.05, 0.1) is 0 Å². The summed E-state index contributed by atoms with van der Waals surface area (Å²) in [5.41, 5.74) is 8.76. The largest absolute Gasteiger partial charge is 0.425 e. The van der Waals surface area contributed by atoms with Crippen LogP contribution in [0.15, 0.2) is 23.1 Å². The van der Waals surface area contributed by atoms with E-state index in [1.165, 1.54) is 12.0 Å². The molecule has 0 aliphatic heterocycles. The van der Waals surface area contributed by atoms with Crippen LogP contribution in [0.2, 0.25) is 0 Å². The van der Waals surface area contributed by atoms with Gasteiger partial charge in [0, 0.05) is 11.7 Å². The number of rotatable bonds is 3. The first kappa shape index (κ1) is 8.85. The van der Waals surface area contributed by atoms with Gasteiger partial charge in [0.2, 0.25) is 5.71 Å². The number of nitrogens with two attached hydrogens (primary N) is 1. The SMILES string of the molecule is NC1(CCc2cnc3ocnc3c2)CC1. The Bertz CT molecular complexity index is 487. The summed E-state index contributed by atoms with van der Waals surface area (Å²) < 4.78 is 5.08. The van der Waals surface area contributed by atoms with Gasteiger partial charge in [-0.05, 0) is 37.3 Å². The molecule has 15 heavy (non-hydrogen) atoms. The number of nitrogens with zero attached hydrogens (tertiary/aromatic N) is 2. The molecule has 0 unspecified atom stereocenters. The quantitative estimate of drug-likeness (QED) is 0.823. The number of aromatic nitrogens is 2. The van der Waals surface area contributed by atoms with Crippen LogP contribution in [0.5, 0.6) is 0 Å². The average Bonchev–Trinajstić information content (AvgIpc) is 2.80. The van der Waals surface area contributed by atoms with Crippen molar-refractivity contribution in [2.45, 2.75) is 31.2 Å². The third-order valence-electron chi connectivity index (χ3n) is 3.05. The lowest BCUT2D eigenvalue weighted by Crippen LogP contribution is -2.22. The minimum atomic E-state index is 0.110. The second kappa shape index (κ2) is 3.03. The van der Waals surface area contributed by atoms with E-state index in [0.717, 1.165) is 31.2 Å². The lowest BCUT2D eigenvalue weighted by atomic mass is 10.1. The lowest BCUT2D eigenvalue weighted by Gasteiger charge is -2.07. The summed E-state index contributed by atoms with van der Waals surface area (Å²) >= 11 is 0. The van der Waals surface area contributed by atoms with E-state index in [-0.39, 0.29) is 5.54 Å². The first-order valence-electron chi connectivity index (χ1n) is 5.22. The number of hydrogen-bond donors (Lipinski definition) is 1. The summed E-state index contributed by atoms with van der Waals surface area (Å²) in [6.07, 6.45) is 7.61. The molecule has 0 atom stereocenters. The minimum absolute atomic E-state index is 0.110. The minimum Gasteiger partial charge on any atom is -0.425 e. The van der Waals surface area contributed by atoms with Gasteiger partial charge in [-0.25, -0.2) is 9.97 Å². The molecule has 0 amide bonds. The maximum atomic E-state index is 6.03. The molecule has 1 fully saturated rings. The van der Waals surface area contributed by atoms with Crippen LogP contribution in [0.3, 0.4) is 0 Å². The van der Waals surface area contributed by atoms with Gasteiger partial charge in [-0.15, -0.1) is 0 Å². The van der Waals surface area contributed by atoms with Gasteiger partial charge in [-0.2, -0.15) is 0 Å². The van der Waals surface area contributed by atoms with E-state index >= 15 is 0 Å². The van der Waals surface area contributed by atoms with Gasteiger partial charge in [-0.1, -0.05) is 0 Å². The molecule has 4 heteroatoms. The third-order valence-corrected chi connectivity index (χ3v) is 3.05. The Morgan fingerprint density at radius 2 is 2.27 bits per heavy atom. The highest BCUT2D eigenvalue weighted by molar-refractivity contribution is 5.67. The van der Waals surface area contributed by atoms with Crippen LogP contribution in [0.25, 0.3) is 11.2 Å². The van der Waals surface area contributed by atoms with Crippen molar-refractivity contribution < 1.29 is 4.42 Å². The van der Waals surface area contributed by atoms with Crippen molar-refractivity contribution in [2.75, 3.05) is 0 Å². The molecule has 0 saturated heterocycles. The van der Waals surface area contributed by atoms with Crippen LogP contribution in [0.1, 0.15) is 24.8 Å².